The molecule has 0 saturated carbocycles. The van der Waals surface area contributed by atoms with E-state index < -0.39 is 0 Å². The van der Waals surface area contributed by atoms with Gasteiger partial charge in [-0.3, -0.25) is 0 Å². The maximum absolute atomic E-state index is 2.50. The molecule has 0 aromatic heterocycles. The topological polar surface area (TPSA) is 0 Å². The minimum atomic E-state index is 1.21. The van der Waals surface area contributed by atoms with Crippen LogP contribution in [-0.2, 0) is 0 Å². The summed E-state index contributed by atoms with van der Waals surface area (Å²) >= 11 is 0. The molecule has 0 heteroatoms. The summed E-state index contributed by atoms with van der Waals surface area (Å²) in [5.74, 6) is 0. The minimum absolute atomic E-state index is 1.21. The average Bonchev–Trinajstić information content (AvgIpc) is 3.34. The second-order valence-electron chi connectivity index (χ2n) is 16.7. The zero-order valence-corrected chi connectivity index (χ0v) is 33.9. The summed E-state index contributed by atoms with van der Waals surface area (Å²) in [7, 11) is 0. The van der Waals surface area contributed by atoms with Crippen LogP contribution >= 0.6 is 0 Å². The molecule has 286 valence electrons. The number of benzene rings is 13. The largest absolute Gasteiger partial charge is 0.0616 e. The Morgan fingerprint density at radius 1 is 0.161 bits per heavy atom. The monoisotopic (exact) mass is 782 g/mol. The Morgan fingerprint density at radius 3 is 1.02 bits per heavy atom. The molecule has 0 aliphatic carbocycles. The zero-order chi connectivity index (χ0) is 40.7. The molecular weight excluding hydrogens is 745 g/mol. The summed E-state index contributed by atoms with van der Waals surface area (Å²) in [6, 6.07) is 85.9. The second-order valence-corrected chi connectivity index (χ2v) is 16.7. The van der Waals surface area contributed by atoms with Gasteiger partial charge in [0.2, 0.25) is 0 Å². The summed E-state index contributed by atoms with van der Waals surface area (Å²) in [5, 5.41) is 20.1. The van der Waals surface area contributed by atoms with Crippen LogP contribution in [0.25, 0.3) is 131 Å². The molecule has 0 bridgehead atoms. The zero-order valence-electron chi connectivity index (χ0n) is 33.9. The number of hydrogen-bond acceptors (Lipinski definition) is 0. The molecule has 13 rings (SSSR count). The van der Waals surface area contributed by atoms with Gasteiger partial charge in [-0.1, -0.05) is 206 Å². The van der Waals surface area contributed by atoms with Gasteiger partial charge in [-0.2, -0.15) is 0 Å². The molecule has 0 aliphatic heterocycles. The molecule has 0 aliphatic rings. The average molecular weight is 783 g/mol. The first-order valence-electron chi connectivity index (χ1n) is 21.6. The van der Waals surface area contributed by atoms with Gasteiger partial charge < -0.3 is 0 Å². The first-order valence-corrected chi connectivity index (χ1v) is 21.6. The molecule has 0 amide bonds. The fourth-order valence-electron chi connectivity index (χ4n) is 10.6. The van der Waals surface area contributed by atoms with Crippen LogP contribution in [0, 0.1) is 0 Å². The third-order valence-corrected chi connectivity index (χ3v) is 13.4. The van der Waals surface area contributed by atoms with Crippen LogP contribution in [0.2, 0.25) is 0 Å². The molecule has 62 heavy (non-hydrogen) atoms. The lowest BCUT2D eigenvalue weighted by Gasteiger charge is -2.21. The smallest absolute Gasteiger partial charge is 0.00199 e. The summed E-state index contributed by atoms with van der Waals surface area (Å²) in [6.07, 6.45) is 0. The van der Waals surface area contributed by atoms with E-state index in [1.807, 2.05) is 0 Å². The van der Waals surface area contributed by atoms with Crippen molar-refractivity contribution in [1.82, 2.24) is 0 Å². The number of fused-ring (bicyclic) bond motifs is 9. The highest BCUT2D eigenvalue weighted by Gasteiger charge is 2.22. The van der Waals surface area contributed by atoms with Gasteiger partial charge in [0.25, 0.3) is 0 Å². The molecule has 0 saturated heterocycles. The van der Waals surface area contributed by atoms with Gasteiger partial charge >= 0.3 is 0 Å². The van der Waals surface area contributed by atoms with Crippen molar-refractivity contribution in [2.75, 3.05) is 0 Å². The molecule has 13 aromatic carbocycles. The Labute approximate surface area is 359 Å². The molecule has 13 aromatic rings. The fourth-order valence-corrected chi connectivity index (χ4v) is 10.6. The van der Waals surface area contributed by atoms with Gasteiger partial charge in [-0.15, -0.1) is 0 Å². The van der Waals surface area contributed by atoms with E-state index in [4.69, 9.17) is 0 Å². The molecule has 0 N–H and O–H groups in total. The van der Waals surface area contributed by atoms with E-state index in [-0.39, 0.29) is 0 Å². The van der Waals surface area contributed by atoms with Crippen LogP contribution in [-0.4, -0.2) is 0 Å². The van der Waals surface area contributed by atoms with Crippen LogP contribution in [0.3, 0.4) is 0 Å². The summed E-state index contributed by atoms with van der Waals surface area (Å²) in [6.45, 7) is 0. The van der Waals surface area contributed by atoms with Gasteiger partial charge in [0.05, 0.1) is 0 Å². The molecule has 0 spiro atoms. The van der Waals surface area contributed by atoms with Crippen molar-refractivity contribution in [2.45, 2.75) is 0 Å². The predicted octanol–water partition coefficient (Wildman–Crippen LogP) is 17.6. The van der Waals surface area contributed by atoms with Crippen LogP contribution in [0.1, 0.15) is 0 Å². The molecule has 0 nitrogen and oxygen atoms in total. The minimum Gasteiger partial charge on any atom is -0.0616 e. The van der Waals surface area contributed by atoms with E-state index in [0.717, 1.165) is 0 Å². The third kappa shape index (κ3) is 5.27. The van der Waals surface area contributed by atoms with Crippen LogP contribution in [0.15, 0.2) is 231 Å². The second kappa shape index (κ2) is 13.7. The van der Waals surface area contributed by atoms with Gasteiger partial charge in [-0.05, 0) is 155 Å². The lowest BCUT2D eigenvalue weighted by molar-refractivity contribution is 1.67. The van der Waals surface area contributed by atoms with Crippen molar-refractivity contribution in [3.63, 3.8) is 0 Å². The summed E-state index contributed by atoms with van der Waals surface area (Å²) in [4.78, 5) is 0. The van der Waals surface area contributed by atoms with E-state index >= 15 is 0 Å². The van der Waals surface area contributed by atoms with Gasteiger partial charge in [0.1, 0.15) is 0 Å². The Balaban J connectivity index is 1.15. The molecule has 0 unspecified atom stereocenters. The van der Waals surface area contributed by atoms with Gasteiger partial charge in [0, 0.05) is 0 Å². The Bertz CT molecular complexity index is 3920. The van der Waals surface area contributed by atoms with E-state index in [9.17, 15) is 0 Å². The molecule has 0 atom stereocenters. The lowest BCUT2D eigenvalue weighted by Crippen LogP contribution is -1.94. The SMILES string of the molecule is c1ccc2cc(-c3c4ccccc4c(-c4ccc5ccccc5c4)c4cc(-c5c6ccccc6c(-c6cc7ccccc7c7ccccc67)c6ccccc56)ccc34)ccc2c1. The van der Waals surface area contributed by atoms with Crippen molar-refractivity contribution >= 4 is 86.2 Å². The number of hydrogen-bond donors (Lipinski definition) is 0. The maximum atomic E-state index is 2.50. The molecule has 0 fully saturated rings. The first-order chi connectivity index (χ1) is 30.8. The highest BCUT2D eigenvalue weighted by Crippen LogP contribution is 2.50. The first kappa shape index (κ1) is 34.8. The summed E-state index contributed by atoms with van der Waals surface area (Å²) < 4.78 is 0. The molecule has 0 heterocycles. The van der Waals surface area contributed by atoms with E-state index in [1.54, 1.807) is 0 Å². The Morgan fingerprint density at radius 2 is 0.500 bits per heavy atom. The van der Waals surface area contributed by atoms with Gasteiger partial charge in [0.15, 0.2) is 0 Å². The van der Waals surface area contributed by atoms with Crippen LogP contribution in [0.4, 0.5) is 0 Å². The lowest BCUT2D eigenvalue weighted by atomic mass is 9.81. The highest BCUT2D eigenvalue weighted by atomic mass is 14.2. The third-order valence-electron chi connectivity index (χ3n) is 13.4. The predicted molar refractivity (Wildman–Crippen MR) is 268 cm³/mol. The van der Waals surface area contributed by atoms with Gasteiger partial charge in [-0.25, -0.2) is 0 Å². The van der Waals surface area contributed by atoms with Crippen molar-refractivity contribution < 1.29 is 0 Å². The molecular formula is C62H38. The highest BCUT2D eigenvalue weighted by molar-refractivity contribution is 6.27. The van der Waals surface area contributed by atoms with Crippen molar-refractivity contribution in [2.24, 2.45) is 0 Å². The van der Waals surface area contributed by atoms with Crippen molar-refractivity contribution in [3.05, 3.63) is 231 Å². The molecule has 0 radical (unpaired) electrons. The van der Waals surface area contributed by atoms with Crippen molar-refractivity contribution in [1.29, 1.82) is 0 Å². The van der Waals surface area contributed by atoms with E-state index in [1.165, 1.54) is 131 Å². The Hall–Kier alpha value is -8.06. The van der Waals surface area contributed by atoms with Crippen LogP contribution < -0.4 is 0 Å². The normalized spacial score (nSPS) is 11.9. The van der Waals surface area contributed by atoms with E-state index in [0.29, 0.717) is 0 Å². The maximum Gasteiger partial charge on any atom is -0.00199 e. The fraction of sp³-hybridized carbons (Fsp3) is 0. The Kier molecular flexibility index (Phi) is 7.71. The van der Waals surface area contributed by atoms with E-state index in [2.05, 4.69) is 231 Å². The number of rotatable bonds is 4. The quantitative estimate of drug-likeness (QED) is 0.123. The van der Waals surface area contributed by atoms with Crippen LogP contribution in [0.5, 0.6) is 0 Å². The standard InChI is InChI=1S/C62H38/c1-3-17-41-35-44(31-29-39(41)15-1)59-50-23-9-10-24-51(50)61(45-32-30-40-16-2-4-18-42(40)36-45)58-38-46(33-34-56(58)59)60-52-25-11-13-27-54(52)62(55-28-14-12-26-53(55)60)57-37-43-19-5-6-20-47(43)48-21-7-8-22-49(48)57/h1-38H. The van der Waals surface area contributed by atoms with Crippen molar-refractivity contribution in [3.8, 4) is 44.5 Å². The summed E-state index contributed by atoms with van der Waals surface area (Å²) in [5.41, 5.74) is 10.0.